The van der Waals surface area contributed by atoms with Crippen LogP contribution in [0.5, 0.6) is 0 Å². The highest BCUT2D eigenvalue weighted by Gasteiger charge is 2.18. The number of rotatable bonds is 5. The van der Waals surface area contributed by atoms with E-state index in [2.05, 4.69) is 10.4 Å². The van der Waals surface area contributed by atoms with Gasteiger partial charge in [0.2, 0.25) is 5.91 Å². The van der Waals surface area contributed by atoms with Gasteiger partial charge < -0.3 is 5.32 Å². The fourth-order valence-corrected chi connectivity index (χ4v) is 5.81. The molecule has 0 bridgehead atoms. The molecule has 2 aromatic rings. The molecule has 2 heterocycles. The minimum absolute atomic E-state index is 0.0426. The van der Waals surface area contributed by atoms with E-state index in [9.17, 15) is 4.79 Å². The Morgan fingerprint density at radius 2 is 2.12 bits per heavy atom. The molecule has 1 aromatic carbocycles. The summed E-state index contributed by atoms with van der Waals surface area (Å²) in [5.41, 5.74) is 3.59. The molecule has 1 fully saturated rings. The molecular weight excluding hydrogens is 409 g/mol. The summed E-state index contributed by atoms with van der Waals surface area (Å²) in [5.74, 6) is 3.53. The quantitative estimate of drug-likeness (QED) is 0.768. The van der Waals surface area contributed by atoms with Crippen LogP contribution < -0.4 is 5.32 Å². The maximum Gasteiger partial charge on any atom is 0.224 e. The fraction of sp³-hybridized carbons (Fsp3) is 0.444. The Labute approximate surface area is 172 Å². The number of nitrogens with one attached hydrogen (secondary N) is 1. The van der Waals surface area contributed by atoms with Crippen molar-refractivity contribution in [3.63, 3.8) is 0 Å². The number of nitrogens with zero attached hydrogens (tertiary/aromatic N) is 2. The topological polar surface area (TPSA) is 46.9 Å². The van der Waals surface area contributed by atoms with E-state index in [0.717, 1.165) is 34.9 Å². The van der Waals surface area contributed by atoms with Crippen LogP contribution in [0, 0.1) is 13.8 Å². The first-order valence-corrected chi connectivity index (χ1v) is 11.4. The lowest BCUT2D eigenvalue weighted by Crippen LogP contribution is -2.34. The first-order chi connectivity index (χ1) is 12.5. The summed E-state index contributed by atoms with van der Waals surface area (Å²) in [4.78, 5) is 12.4. The van der Waals surface area contributed by atoms with Gasteiger partial charge in [-0.1, -0.05) is 23.2 Å². The standard InChI is InChI=1S/C18H21Cl2N3OS2/c1-11-15(8-18(24)21-9-14-10-25-5-6-26-14)12(2)23(22-11)13-3-4-16(19)17(20)7-13/h3-4,7,14H,5-6,8-10H2,1-2H3,(H,21,24)/t14-/m0/s1. The van der Waals surface area contributed by atoms with Crippen LogP contribution in [0.3, 0.4) is 0 Å². The lowest BCUT2D eigenvalue weighted by Gasteiger charge is -2.21. The molecule has 0 spiro atoms. The molecule has 0 saturated carbocycles. The zero-order chi connectivity index (χ0) is 18.7. The molecule has 3 rings (SSSR count). The summed E-state index contributed by atoms with van der Waals surface area (Å²) in [7, 11) is 0. The zero-order valence-corrected chi connectivity index (χ0v) is 17.9. The molecule has 1 aliphatic rings. The molecule has 0 unspecified atom stereocenters. The molecule has 1 saturated heterocycles. The van der Waals surface area contributed by atoms with E-state index in [1.54, 1.807) is 12.1 Å². The predicted octanol–water partition coefficient (Wildman–Crippen LogP) is 4.30. The highest BCUT2D eigenvalue weighted by molar-refractivity contribution is 8.06. The minimum Gasteiger partial charge on any atom is -0.355 e. The van der Waals surface area contributed by atoms with Crippen molar-refractivity contribution < 1.29 is 4.79 Å². The molecule has 140 valence electrons. The number of benzene rings is 1. The van der Waals surface area contributed by atoms with Crippen molar-refractivity contribution in [2.24, 2.45) is 0 Å². The van der Waals surface area contributed by atoms with E-state index in [0.29, 0.717) is 21.7 Å². The summed E-state index contributed by atoms with van der Waals surface area (Å²) in [6.45, 7) is 4.63. The van der Waals surface area contributed by atoms with E-state index in [1.807, 2.05) is 48.1 Å². The molecule has 1 atom stereocenters. The number of hydrogen-bond acceptors (Lipinski definition) is 4. The van der Waals surface area contributed by atoms with E-state index >= 15 is 0 Å². The van der Waals surface area contributed by atoms with Crippen molar-refractivity contribution in [2.45, 2.75) is 25.5 Å². The van der Waals surface area contributed by atoms with Crippen molar-refractivity contribution >= 4 is 52.6 Å². The normalized spacial score (nSPS) is 17.3. The van der Waals surface area contributed by atoms with Crippen LogP contribution in [-0.2, 0) is 11.2 Å². The Morgan fingerprint density at radius 3 is 2.81 bits per heavy atom. The number of halogens is 2. The Balaban J connectivity index is 1.69. The highest BCUT2D eigenvalue weighted by Crippen LogP contribution is 2.26. The van der Waals surface area contributed by atoms with Crippen molar-refractivity contribution in [3.05, 3.63) is 45.2 Å². The summed E-state index contributed by atoms with van der Waals surface area (Å²) in [6, 6.07) is 5.41. The van der Waals surface area contributed by atoms with Gasteiger partial charge in [-0.05, 0) is 32.0 Å². The number of aromatic nitrogens is 2. The third kappa shape index (κ3) is 4.71. The monoisotopic (exact) mass is 429 g/mol. The second-order valence-electron chi connectivity index (χ2n) is 6.21. The molecular formula is C18H21Cl2N3OS2. The molecule has 1 N–H and O–H groups in total. The van der Waals surface area contributed by atoms with E-state index in [1.165, 1.54) is 11.5 Å². The molecule has 8 heteroatoms. The molecule has 1 aliphatic heterocycles. The predicted molar refractivity (Wildman–Crippen MR) is 113 cm³/mol. The Hall–Kier alpha value is -0.820. The summed E-state index contributed by atoms with van der Waals surface area (Å²) < 4.78 is 1.81. The Kier molecular flexibility index (Phi) is 6.83. The SMILES string of the molecule is Cc1nn(-c2ccc(Cl)c(Cl)c2)c(C)c1CC(=O)NC[C@H]1CSCCS1. The summed E-state index contributed by atoms with van der Waals surface area (Å²) in [6.07, 6.45) is 0.337. The van der Waals surface area contributed by atoms with Crippen LogP contribution >= 0.6 is 46.7 Å². The van der Waals surface area contributed by atoms with Crippen molar-refractivity contribution in [2.75, 3.05) is 23.8 Å². The Bertz CT molecular complexity index is 804. The van der Waals surface area contributed by atoms with E-state index < -0.39 is 0 Å². The van der Waals surface area contributed by atoms with Gasteiger partial charge >= 0.3 is 0 Å². The van der Waals surface area contributed by atoms with Crippen LogP contribution in [-0.4, -0.2) is 44.7 Å². The third-order valence-electron chi connectivity index (χ3n) is 4.34. The van der Waals surface area contributed by atoms with Gasteiger partial charge in [0.25, 0.3) is 0 Å². The average Bonchev–Trinajstić information content (AvgIpc) is 2.91. The van der Waals surface area contributed by atoms with Gasteiger partial charge in [0.1, 0.15) is 0 Å². The summed E-state index contributed by atoms with van der Waals surface area (Å²) in [5, 5.41) is 9.16. The maximum atomic E-state index is 12.4. The lowest BCUT2D eigenvalue weighted by molar-refractivity contribution is -0.120. The van der Waals surface area contributed by atoms with Crippen molar-refractivity contribution in [1.82, 2.24) is 15.1 Å². The molecule has 4 nitrogen and oxygen atoms in total. The number of thioether (sulfide) groups is 2. The van der Waals surface area contributed by atoms with Gasteiger partial charge in [-0.3, -0.25) is 4.79 Å². The van der Waals surface area contributed by atoms with Crippen LogP contribution in [0.4, 0.5) is 0 Å². The van der Waals surface area contributed by atoms with E-state index in [4.69, 9.17) is 23.2 Å². The van der Waals surface area contributed by atoms with Crippen LogP contribution in [0.2, 0.25) is 10.0 Å². The number of amides is 1. The number of carbonyl (C=O) groups is 1. The lowest BCUT2D eigenvalue weighted by atomic mass is 10.1. The maximum absolute atomic E-state index is 12.4. The van der Waals surface area contributed by atoms with Crippen LogP contribution in [0.1, 0.15) is 17.0 Å². The zero-order valence-electron chi connectivity index (χ0n) is 14.7. The Morgan fingerprint density at radius 1 is 1.31 bits per heavy atom. The highest BCUT2D eigenvalue weighted by atomic mass is 35.5. The first kappa shape index (κ1) is 19.9. The second kappa shape index (κ2) is 8.91. The van der Waals surface area contributed by atoms with Gasteiger partial charge in [-0.2, -0.15) is 28.6 Å². The van der Waals surface area contributed by atoms with Gasteiger partial charge in [0.05, 0.1) is 27.8 Å². The third-order valence-corrected chi connectivity index (χ3v) is 7.92. The molecule has 0 aliphatic carbocycles. The van der Waals surface area contributed by atoms with Crippen molar-refractivity contribution in [3.8, 4) is 5.69 Å². The van der Waals surface area contributed by atoms with E-state index in [-0.39, 0.29) is 5.91 Å². The van der Waals surface area contributed by atoms with Crippen molar-refractivity contribution in [1.29, 1.82) is 0 Å². The minimum atomic E-state index is 0.0426. The second-order valence-corrected chi connectivity index (χ2v) is 9.58. The number of hydrogen-bond donors (Lipinski definition) is 1. The number of aryl methyl sites for hydroxylation is 1. The van der Waals surface area contributed by atoms with Gasteiger partial charge in [-0.25, -0.2) is 4.68 Å². The smallest absolute Gasteiger partial charge is 0.224 e. The largest absolute Gasteiger partial charge is 0.355 e. The van der Waals surface area contributed by atoms with Crippen LogP contribution in [0.15, 0.2) is 18.2 Å². The van der Waals surface area contributed by atoms with Gasteiger partial charge in [0.15, 0.2) is 0 Å². The molecule has 0 radical (unpaired) electrons. The first-order valence-electron chi connectivity index (χ1n) is 8.42. The van der Waals surface area contributed by atoms with Gasteiger partial charge in [-0.15, -0.1) is 0 Å². The molecule has 26 heavy (non-hydrogen) atoms. The summed E-state index contributed by atoms with van der Waals surface area (Å²) >= 11 is 16.0. The molecule has 1 amide bonds. The fourth-order valence-electron chi connectivity index (χ4n) is 2.90. The number of carbonyl (C=O) groups excluding carboxylic acids is 1. The average molecular weight is 430 g/mol. The van der Waals surface area contributed by atoms with Crippen LogP contribution in [0.25, 0.3) is 5.69 Å². The molecule has 1 aromatic heterocycles. The van der Waals surface area contributed by atoms with Gasteiger partial charge in [0, 0.05) is 40.3 Å².